The van der Waals surface area contributed by atoms with E-state index in [4.69, 9.17) is 9.40 Å². The quantitative estimate of drug-likeness (QED) is 0.166. The van der Waals surface area contributed by atoms with E-state index in [1.807, 2.05) is 49.5 Å². The molecule has 3 aromatic carbocycles. The van der Waals surface area contributed by atoms with E-state index < -0.39 is 0 Å². The number of hydrogen-bond acceptors (Lipinski definition) is 4. The molecule has 1 radical (unpaired) electrons. The van der Waals surface area contributed by atoms with Crippen molar-refractivity contribution in [1.82, 2.24) is 19.5 Å². The molecule has 5 heterocycles. The number of aromatic nitrogens is 4. The Labute approximate surface area is 302 Å². The molecule has 0 aliphatic carbocycles. The molecule has 49 heavy (non-hydrogen) atoms. The summed E-state index contributed by atoms with van der Waals surface area (Å²) >= 11 is 0. The molecule has 1 aliphatic heterocycles. The van der Waals surface area contributed by atoms with Gasteiger partial charge in [-0.1, -0.05) is 69.4 Å². The predicted molar refractivity (Wildman–Crippen MR) is 198 cm³/mol. The molecule has 0 fully saturated rings. The number of aryl methyl sites for hydroxylation is 1. The predicted octanol–water partition coefficient (Wildman–Crippen LogP) is 11.1. The summed E-state index contributed by atoms with van der Waals surface area (Å²) in [7, 11) is 0. The van der Waals surface area contributed by atoms with Crippen LogP contribution in [0.4, 0.5) is 0 Å². The molecule has 0 amide bonds. The van der Waals surface area contributed by atoms with Crippen LogP contribution in [-0.2, 0) is 32.1 Å². The Kier molecular flexibility index (Phi) is 9.25. The fourth-order valence-electron chi connectivity index (χ4n) is 6.60. The first-order chi connectivity index (χ1) is 22.9. The van der Waals surface area contributed by atoms with Gasteiger partial charge < -0.3 is 14.0 Å². The molecule has 8 rings (SSSR count). The number of imidazole rings is 1. The van der Waals surface area contributed by atoms with Crippen molar-refractivity contribution in [2.24, 2.45) is 5.41 Å². The van der Waals surface area contributed by atoms with Crippen LogP contribution in [0.5, 0.6) is 0 Å². The molecule has 6 heteroatoms. The van der Waals surface area contributed by atoms with Crippen molar-refractivity contribution >= 4 is 39.2 Å². The van der Waals surface area contributed by atoms with Crippen molar-refractivity contribution in [2.75, 3.05) is 0 Å². The Morgan fingerprint density at radius 2 is 1.73 bits per heavy atom. The minimum Gasteiger partial charge on any atom is -0.486 e. The number of benzene rings is 3. The normalized spacial score (nSPS) is 13.5. The van der Waals surface area contributed by atoms with Crippen LogP contribution in [0.15, 0.2) is 89.5 Å². The van der Waals surface area contributed by atoms with Crippen LogP contribution in [0.2, 0.25) is 0 Å². The summed E-state index contributed by atoms with van der Waals surface area (Å²) in [5, 5.41) is 2.08. The van der Waals surface area contributed by atoms with Crippen molar-refractivity contribution in [3.63, 3.8) is 0 Å². The SMILES string of the molecule is CC(C)c1cc2c3c(c1)nc(-c1[c-]cccc1)n3C(C)(C)C=C2.Cc1ccc2c(n1)oc1c(-c3cc(CC(C)(C)C)ccn3)[c-]ccc12.[Ir]. The Balaban J connectivity index is 0.000000167. The number of hydrogen-bond donors (Lipinski definition) is 0. The van der Waals surface area contributed by atoms with Crippen molar-refractivity contribution < 1.29 is 24.5 Å². The van der Waals surface area contributed by atoms with Crippen LogP contribution in [0, 0.1) is 24.5 Å². The zero-order valence-electron chi connectivity index (χ0n) is 29.5. The fourth-order valence-corrected chi connectivity index (χ4v) is 6.60. The van der Waals surface area contributed by atoms with E-state index in [1.54, 1.807) is 0 Å². The van der Waals surface area contributed by atoms with Gasteiger partial charge >= 0.3 is 0 Å². The van der Waals surface area contributed by atoms with Crippen LogP contribution in [-0.4, -0.2) is 19.5 Å². The second-order valence-corrected chi connectivity index (χ2v) is 15.0. The van der Waals surface area contributed by atoms with Crippen LogP contribution in [0.1, 0.15) is 76.8 Å². The van der Waals surface area contributed by atoms with E-state index in [1.165, 1.54) is 22.2 Å². The van der Waals surface area contributed by atoms with Gasteiger partial charge in [0, 0.05) is 37.4 Å². The van der Waals surface area contributed by atoms with Gasteiger partial charge in [-0.15, -0.1) is 54.1 Å². The number of furan rings is 1. The molecule has 0 saturated carbocycles. The van der Waals surface area contributed by atoms with E-state index in [2.05, 4.69) is 124 Å². The Morgan fingerprint density at radius 1 is 0.918 bits per heavy atom. The second-order valence-electron chi connectivity index (χ2n) is 15.0. The average Bonchev–Trinajstić information content (AvgIpc) is 3.62. The van der Waals surface area contributed by atoms with Crippen molar-refractivity contribution in [2.45, 2.75) is 73.3 Å². The van der Waals surface area contributed by atoms with Crippen LogP contribution in [0.3, 0.4) is 0 Å². The van der Waals surface area contributed by atoms with Crippen LogP contribution in [0.25, 0.3) is 61.8 Å². The van der Waals surface area contributed by atoms with E-state index in [0.717, 1.165) is 56.6 Å². The molecule has 251 valence electrons. The zero-order valence-corrected chi connectivity index (χ0v) is 31.9. The molecule has 0 spiro atoms. The van der Waals surface area contributed by atoms with Gasteiger partial charge in [0.15, 0.2) is 0 Å². The van der Waals surface area contributed by atoms with Crippen molar-refractivity contribution in [3.05, 3.63) is 120 Å². The monoisotopic (exact) mass is 823 g/mol. The maximum atomic E-state index is 6.08. The molecule has 0 bridgehead atoms. The molecule has 0 saturated heterocycles. The van der Waals surface area contributed by atoms with Gasteiger partial charge in [-0.25, -0.2) is 4.98 Å². The largest absolute Gasteiger partial charge is 0.486 e. The van der Waals surface area contributed by atoms with Gasteiger partial charge in [-0.05, 0) is 85.7 Å². The molecule has 4 aromatic heterocycles. The summed E-state index contributed by atoms with van der Waals surface area (Å²) in [4.78, 5) is 14.1. The molecule has 7 aromatic rings. The minimum absolute atomic E-state index is 0. The number of fused-ring (bicyclic) bond motifs is 3. The minimum atomic E-state index is -0.0971. The van der Waals surface area contributed by atoms with E-state index in [-0.39, 0.29) is 31.1 Å². The van der Waals surface area contributed by atoms with Gasteiger partial charge in [0.05, 0.1) is 28.0 Å². The Hall–Kier alpha value is -4.38. The van der Waals surface area contributed by atoms with Crippen molar-refractivity contribution in [1.29, 1.82) is 0 Å². The summed E-state index contributed by atoms with van der Waals surface area (Å²) in [6, 6.07) is 31.5. The molecule has 1 aliphatic rings. The fraction of sp³-hybridized carbons (Fsp3) is 0.279. The van der Waals surface area contributed by atoms with Crippen LogP contribution >= 0.6 is 0 Å². The van der Waals surface area contributed by atoms with Gasteiger partial charge in [-0.2, -0.15) is 0 Å². The topological polar surface area (TPSA) is 56.7 Å². The van der Waals surface area contributed by atoms with Gasteiger partial charge in [0.2, 0.25) is 5.71 Å². The average molecular weight is 823 g/mol. The van der Waals surface area contributed by atoms with E-state index >= 15 is 0 Å². The molecule has 5 nitrogen and oxygen atoms in total. The molecular formula is C43H42IrN4O-2. The zero-order chi connectivity index (χ0) is 33.8. The second kappa shape index (κ2) is 13.2. The maximum absolute atomic E-state index is 6.08. The van der Waals surface area contributed by atoms with E-state index in [0.29, 0.717) is 11.6 Å². The maximum Gasteiger partial charge on any atom is 0.216 e. The van der Waals surface area contributed by atoms with Gasteiger partial charge in [0.1, 0.15) is 0 Å². The summed E-state index contributed by atoms with van der Waals surface area (Å²) in [5.41, 5.74) is 11.6. The summed E-state index contributed by atoms with van der Waals surface area (Å²) < 4.78 is 8.43. The van der Waals surface area contributed by atoms with Crippen LogP contribution < -0.4 is 0 Å². The van der Waals surface area contributed by atoms with E-state index in [9.17, 15) is 0 Å². The summed E-state index contributed by atoms with van der Waals surface area (Å²) in [6.07, 6.45) is 7.38. The molecule has 0 N–H and O–H groups in total. The Bertz CT molecular complexity index is 2320. The van der Waals surface area contributed by atoms with Crippen molar-refractivity contribution in [3.8, 4) is 22.6 Å². The van der Waals surface area contributed by atoms with Gasteiger partial charge in [-0.3, -0.25) is 4.98 Å². The number of nitrogens with zero attached hydrogens (tertiary/aromatic N) is 4. The van der Waals surface area contributed by atoms with Gasteiger partial charge in [0.25, 0.3) is 0 Å². The molecule has 0 atom stereocenters. The number of allylic oxidation sites excluding steroid dienone is 1. The smallest absolute Gasteiger partial charge is 0.216 e. The molecular weight excluding hydrogens is 781 g/mol. The third kappa shape index (κ3) is 6.77. The first-order valence-electron chi connectivity index (χ1n) is 16.8. The molecule has 0 unspecified atom stereocenters. The third-order valence-electron chi connectivity index (χ3n) is 8.92. The third-order valence-corrected chi connectivity index (χ3v) is 8.92. The Morgan fingerprint density at radius 3 is 2.47 bits per heavy atom. The summed E-state index contributed by atoms with van der Waals surface area (Å²) in [6.45, 7) is 17.6. The number of pyridine rings is 2. The first kappa shape index (κ1) is 34.5. The number of rotatable bonds is 4. The standard InChI is InChI=1S/C22H21N2O.C21H21N2.Ir/c1-14-8-9-17-16-6-5-7-18(20(16)25-21(17)24-14)19-12-15(10-11-23-19)13-22(2,3)4;1-14(2)17-12-16-10-11-21(3,4)23-19(16)18(13-17)22-20(23)15-8-6-5-7-9-15;/h5-6,8-12H,13H2,1-4H3;5-8,10-14H,1-4H3;/q2*-1;. The summed E-state index contributed by atoms with van der Waals surface area (Å²) in [5.74, 6) is 1.49. The first-order valence-corrected chi connectivity index (χ1v) is 16.8.